The lowest BCUT2D eigenvalue weighted by Crippen LogP contribution is -2.34. The van der Waals surface area contributed by atoms with Gasteiger partial charge in [0, 0.05) is 31.4 Å². The molecular formula is C14H24N4. The Morgan fingerprint density at radius 2 is 2.00 bits per heavy atom. The summed E-state index contributed by atoms with van der Waals surface area (Å²) in [6.45, 7) is 9.50. The van der Waals surface area contributed by atoms with Crippen LogP contribution in [-0.4, -0.2) is 29.6 Å². The number of hydrogen-bond acceptors (Lipinski definition) is 4. The van der Waals surface area contributed by atoms with Gasteiger partial charge in [-0.1, -0.05) is 13.3 Å². The number of rotatable bonds is 4. The lowest BCUT2D eigenvalue weighted by molar-refractivity contribution is 0.393. The van der Waals surface area contributed by atoms with E-state index in [1.54, 1.807) is 0 Å². The van der Waals surface area contributed by atoms with Gasteiger partial charge < -0.3 is 10.2 Å². The topological polar surface area (TPSA) is 41.1 Å². The molecule has 1 aromatic heterocycles. The van der Waals surface area contributed by atoms with Gasteiger partial charge in [-0.15, -0.1) is 0 Å². The van der Waals surface area contributed by atoms with Crippen molar-refractivity contribution in [3.63, 3.8) is 0 Å². The average Bonchev–Trinajstić information content (AvgIpc) is 2.38. The van der Waals surface area contributed by atoms with E-state index in [0.29, 0.717) is 0 Å². The molecule has 1 aromatic rings. The molecule has 0 spiro atoms. The van der Waals surface area contributed by atoms with Crippen molar-refractivity contribution in [3.8, 4) is 0 Å². The number of nitrogens with zero attached hydrogens (tertiary/aromatic N) is 3. The molecule has 2 rings (SSSR count). The molecule has 4 nitrogen and oxygen atoms in total. The van der Waals surface area contributed by atoms with Crippen LogP contribution in [0.2, 0.25) is 0 Å². The zero-order valence-corrected chi connectivity index (χ0v) is 11.7. The van der Waals surface area contributed by atoms with Gasteiger partial charge in [-0.3, -0.25) is 0 Å². The fourth-order valence-corrected chi connectivity index (χ4v) is 2.52. The number of nitrogens with one attached hydrogen (secondary N) is 1. The van der Waals surface area contributed by atoms with Gasteiger partial charge >= 0.3 is 0 Å². The number of aromatic nitrogens is 2. The van der Waals surface area contributed by atoms with Crippen molar-refractivity contribution < 1.29 is 0 Å². The fourth-order valence-electron chi connectivity index (χ4n) is 2.52. The highest BCUT2D eigenvalue weighted by atomic mass is 15.2. The minimum absolute atomic E-state index is 0.755. The van der Waals surface area contributed by atoms with Crippen molar-refractivity contribution in [2.24, 2.45) is 5.92 Å². The fraction of sp³-hybridized carbons (Fsp3) is 0.714. The second kappa shape index (κ2) is 6.03. The van der Waals surface area contributed by atoms with E-state index in [1.807, 2.05) is 6.92 Å². The Morgan fingerprint density at radius 3 is 2.61 bits per heavy atom. The molecule has 0 aromatic carbocycles. The zero-order valence-electron chi connectivity index (χ0n) is 11.7. The van der Waals surface area contributed by atoms with E-state index in [-0.39, 0.29) is 0 Å². The highest BCUT2D eigenvalue weighted by molar-refractivity contribution is 5.45. The molecule has 0 saturated carbocycles. The Morgan fingerprint density at radius 1 is 1.28 bits per heavy atom. The van der Waals surface area contributed by atoms with Crippen LogP contribution in [0.4, 0.5) is 11.8 Å². The van der Waals surface area contributed by atoms with E-state index in [4.69, 9.17) is 0 Å². The summed E-state index contributed by atoms with van der Waals surface area (Å²) in [6, 6.07) is 2.09. The van der Waals surface area contributed by atoms with Crippen molar-refractivity contribution in [2.45, 2.75) is 40.0 Å². The summed E-state index contributed by atoms with van der Waals surface area (Å²) in [5.74, 6) is 2.73. The van der Waals surface area contributed by atoms with E-state index in [9.17, 15) is 0 Å². The van der Waals surface area contributed by atoms with Crippen LogP contribution in [0.1, 0.15) is 38.8 Å². The summed E-state index contributed by atoms with van der Waals surface area (Å²) >= 11 is 0. The van der Waals surface area contributed by atoms with Crippen LogP contribution < -0.4 is 10.2 Å². The molecule has 1 fully saturated rings. The van der Waals surface area contributed by atoms with Crippen LogP contribution in [-0.2, 0) is 0 Å². The quantitative estimate of drug-likeness (QED) is 0.889. The standard InChI is InChI=1S/C14H24N4/c1-4-12-6-8-18(9-7-12)13-10-11(3)16-14(17-13)15-5-2/h10,12H,4-9H2,1-3H3,(H,15,16,17). The average molecular weight is 248 g/mol. The molecular weight excluding hydrogens is 224 g/mol. The van der Waals surface area contributed by atoms with Gasteiger partial charge in [-0.2, -0.15) is 4.98 Å². The number of anilines is 2. The molecule has 100 valence electrons. The van der Waals surface area contributed by atoms with Crippen LogP contribution in [0.3, 0.4) is 0 Å². The van der Waals surface area contributed by atoms with Gasteiger partial charge in [-0.05, 0) is 32.6 Å². The van der Waals surface area contributed by atoms with E-state index in [2.05, 4.69) is 40.1 Å². The van der Waals surface area contributed by atoms with Crippen molar-refractivity contribution in [3.05, 3.63) is 11.8 Å². The summed E-state index contributed by atoms with van der Waals surface area (Å²) < 4.78 is 0. The lowest BCUT2D eigenvalue weighted by Gasteiger charge is -2.32. The molecule has 1 saturated heterocycles. The van der Waals surface area contributed by atoms with Gasteiger partial charge in [0.05, 0.1) is 0 Å². The predicted octanol–water partition coefficient (Wildman–Crippen LogP) is 2.84. The summed E-state index contributed by atoms with van der Waals surface area (Å²) in [4.78, 5) is 11.4. The maximum Gasteiger partial charge on any atom is 0.224 e. The van der Waals surface area contributed by atoms with Gasteiger partial charge in [0.2, 0.25) is 5.95 Å². The molecule has 1 N–H and O–H groups in total. The normalized spacial score (nSPS) is 16.9. The third kappa shape index (κ3) is 3.12. The van der Waals surface area contributed by atoms with Crippen LogP contribution in [0.5, 0.6) is 0 Å². The summed E-state index contributed by atoms with van der Waals surface area (Å²) in [5, 5.41) is 3.20. The van der Waals surface area contributed by atoms with Gasteiger partial charge in [0.25, 0.3) is 0 Å². The molecule has 0 radical (unpaired) electrons. The van der Waals surface area contributed by atoms with Crippen LogP contribution >= 0.6 is 0 Å². The maximum absolute atomic E-state index is 4.60. The second-order valence-corrected chi connectivity index (χ2v) is 5.06. The van der Waals surface area contributed by atoms with Crippen LogP contribution in [0.15, 0.2) is 6.07 Å². The van der Waals surface area contributed by atoms with Crippen molar-refractivity contribution in [1.82, 2.24) is 9.97 Å². The van der Waals surface area contributed by atoms with E-state index >= 15 is 0 Å². The Labute approximate surface area is 110 Å². The molecule has 0 bridgehead atoms. The molecule has 1 aliphatic heterocycles. The molecule has 0 unspecified atom stereocenters. The first kappa shape index (κ1) is 13.1. The zero-order chi connectivity index (χ0) is 13.0. The summed E-state index contributed by atoms with van der Waals surface area (Å²) in [6.07, 6.45) is 3.88. The highest BCUT2D eigenvalue weighted by Crippen LogP contribution is 2.24. The minimum Gasteiger partial charge on any atom is -0.356 e. The number of aryl methyl sites for hydroxylation is 1. The highest BCUT2D eigenvalue weighted by Gasteiger charge is 2.19. The van der Waals surface area contributed by atoms with E-state index < -0.39 is 0 Å². The number of piperidine rings is 1. The van der Waals surface area contributed by atoms with E-state index in [1.165, 1.54) is 19.3 Å². The molecule has 0 atom stereocenters. The first-order valence-corrected chi connectivity index (χ1v) is 7.07. The van der Waals surface area contributed by atoms with Crippen molar-refractivity contribution in [1.29, 1.82) is 0 Å². The third-order valence-corrected chi connectivity index (χ3v) is 3.69. The maximum atomic E-state index is 4.60. The molecule has 1 aliphatic rings. The minimum atomic E-state index is 0.755. The third-order valence-electron chi connectivity index (χ3n) is 3.69. The lowest BCUT2D eigenvalue weighted by atomic mass is 9.94. The summed E-state index contributed by atoms with van der Waals surface area (Å²) in [7, 11) is 0. The Hall–Kier alpha value is -1.32. The Kier molecular flexibility index (Phi) is 4.39. The van der Waals surface area contributed by atoms with Gasteiger partial charge in [-0.25, -0.2) is 4.98 Å². The van der Waals surface area contributed by atoms with Crippen LogP contribution in [0.25, 0.3) is 0 Å². The second-order valence-electron chi connectivity index (χ2n) is 5.06. The molecule has 18 heavy (non-hydrogen) atoms. The SMILES string of the molecule is CCNc1nc(C)cc(N2CCC(CC)CC2)n1. The van der Waals surface area contributed by atoms with Crippen LogP contribution in [0, 0.1) is 12.8 Å². The Balaban J connectivity index is 2.08. The monoisotopic (exact) mass is 248 g/mol. The van der Waals surface area contributed by atoms with Crippen molar-refractivity contribution in [2.75, 3.05) is 29.9 Å². The molecule has 2 heterocycles. The van der Waals surface area contributed by atoms with E-state index in [0.717, 1.165) is 43.0 Å². The summed E-state index contributed by atoms with van der Waals surface area (Å²) in [5.41, 5.74) is 1.04. The Bertz CT molecular complexity index is 383. The smallest absolute Gasteiger partial charge is 0.224 e. The van der Waals surface area contributed by atoms with Gasteiger partial charge in [0.1, 0.15) is 5.82 Å². The first-order valence-electron chi connectivity index (χ1n) is 7.07. The molecule has 0 amide bonds. The van der Waals surface area contributed by atoms with Gasteiger partial charge in [0.15, 0.2) is 0 Å². The molecule has 4 heteroatoms. The predicted molar refractivity (Wildman–Crippen MR) is 76.2 cm³/mol. The largest absolute Gasteiger partial charge is 0.356 e. The number of hydrogen-bond donors (Lipinski definition) is 1. The molecule has 0 aliphatic carbocycles. The van der Waals surface area contributed by atoms with Crippen molar-refractivity contribution >= 4 is 11.8 Å². The first-order chi connectivity index (χ1) is 8.72.